The van der Waals surface area contributed by atoms with Crippen LogP contribution in [0.2, 0.25) is 10.0 Å². The first-order valence-corrected chi connectivity index (χ1v) is 22.4. The second-order valence-electron chi connectivity index (χ2n) is 16.5. The van der Waals surface area contributed by atoms with E-state index in [0.29, 0.717) is 27.0 Å². The van der Waals surface area contributed by atoms with E-state index in [1.807, 2.05) is 40.1 Å². The molecule has 4 saturated heterocycles. The van der Waals surface area contributed by atoms with Crippen molar-refractivity contribution in [3.63, 3.8) is 0 Å². The molecule has 0 aromatic heterocycles. The molecule has 0 saturated carbocycles. The van der Waals surface area contributed by atoms with Crippen LogP contribution in [0.1, 0.15) is 60.8 Å². The van der Waals surface area contributed by atoms with E-state index in [2.05, 4.69) is 15.1 Å². The van der Waals surface area contributed by atoms with Gasteiger partial charge in [0.2, 0.25) is 17.7 Å². The molecule has 4 atom stereocenters. The zero-order valence-electron chi connectivity index (χ0n) is 34.4. The standard InChI is InChI=1S/C25H26Cl2FN3O2.C23H25ClFN3O/c26-13-24(32)29-23-12-19(27)8-6-18(23)7-11-25(33)31-21-2-1-3-22(31)16-30(15-21)14-17-4-9-20(28)10-5-17;24-18-8-6-17(22(26)12-18)7-11-23(29)28-20-2-1-3-21(28)15-27(14-20)13-16-4-9-19(25)10-5-16/h4-12,21-22H,1-3,13-16H2,(H,29,32);4-12,20-21H,1-3,13-15,26H2/b2*11-7+. The molecule has 326 valence electrons. The molecule has 0 spiro atoms. The van der Waals surface area contributed by atoms with Gasteiger partial charge in [-0.05, 0) is 121 Å². The minimum Gasteiger partial charge on any atom is -0.398 e. The molecule has 4 fully saturated rings. The highest BCUT2D eigenvalue weighted by atomic mass is 35.5. The number of anilines is 2. The smallest absolute Gasteiger partial charge is 0.247 e. The van der Waals surface area contributed by atoms with Gasteiger partial charge in [0.05, 0.1) is 0 Å². The number of nitrogen functional groups attached to an aromatic ring is 1. The minimum absolute atomic E-state index is 0.0318. The van der Waals surface area contributed by atoms with Gasteiger partial charge in [0.1, 0.15) is 17.5 Å². The van der Waals surface area contributed by atoms with Crippen molar-refractivity contribution in [3.05, 3.63) is 141 Å². The molecule has 4 heterocycles. The molecule has 14 heteroatoms. The predicted octanol–water partition coefficient (Wildman–Crippen LogP) is 9.28. The second kappa shape index (κ2) is 21.1. The Morgan fingerprint density at radius 2 is 1.05 bits per heavy atom. The SMILES string of the molecule is Nc1cc(Cl)ccc1/C=C/C(=O)N1C2CCCC1CN(Cc1ccc(F)cc1)C2.O=C(CCl)Nc1cc(Cl)ccc1/C=C/C(=O)N1C2CCCC1CN(Cc1ccc(F)cc1)C2. The van der Waals surface area contributed by atoms with E-state index in [1.165, 1.54) is 24.3 Å². The van der Waals surface area contributed by atoms with Crippen LogP contribution >= 0.6 is 34.8 Å². The van der Waals surface area contributed by atoms with Crippen LogP contribution in [0, 0.1) is 11.6 Å². The van der Waals surface area contributed by atoms with E-state index in [9.17, 15) is 23.2 Å². The molecule has 4 unspecified atom stereocenters. The van der Waals surface area contributed by atoms with Gasteiger partial charge < -0.3 is 20.9 Å². The van der Waals surface area contributed by atoms with Crippen LogP contribution < -0.4 is 11.1 Å². The van der Waals surface area contributed by atoms with E-state index < -0.39 is 0 Å². The van der Waals surface area contributed by atoms with Crippen molar-refractivity contribution in [1.82, 2.24) is 19.6 Å². The Morgan fingerprint density at radius 1 is 0.629 bits per heavy atom. The van der Waals surface area contributed by atoms with Gasteiger partial charge in [-0.3, -0.25) is 24.2 Å². The molecule has 4 aliphatic rings. The zero-order chi connectivity index (χ0) is 43.8. The number of carbonyl (C=O) groups excluding carboxylic acids is 3. The third-order valence-electron chi connectivity index (χ3n) is 12.0. The van der Waals surface area contributed by atoms with Crippen molar-refractivity contribution < 1.29 is 23.2 Å². The first kappa shape index (κ1) is 45.3. The summed E-state index contributed by atoms with van der Waals surface area (Å²) in [6.07, 6.45) is 12.9. The van der Waals surface area contributed by atoms with Gasteiger partial charge in [-0.15, -0.1) is 11.6 Å². The van der Waals surface area contributed by atoms with E-state index in [0.717, 1.165) is 94.5 Å². The average molecular weight is 904 g/mol. The maximum Gasteiger partial charge on any atom is 0.247 e. The van der Waals surface area contributed by atoms with Crippen LogP contribution in [0.25, 0.3) is 12.2 Å². The Kier molecular flexibility index (Phi) is 15.4. The number of benzene rings is 4. The number of amides is 3. The lowest BCUT2D eigenvalue weighted by Crippen LogP contribution is -2.61. The van der Waals surface area contributed by atoms with E-state index in [1.54, 1.807) is 54.6 Å². The number of hydrogen-bond donors (Lipinski definition) is 2. The van der Waals surface area contributed by atoms with Gasteiger partial charge in [0.25, 0.3) is 0 Å². The third kappa shape index (κ3) is 11.8. The maximum absolute atomic E-state index is 13.2. The maximum atomic E-state index is 13.2. The molecular formula is C48H51Cl3F2N6O3. The van der Waals surface area contributed by atoms with Crippen molar-refractivity contribution >= 4 is 76.1 Å². The summed E-state index contributed by atoms with van der Waals surface area (Å²) < 4.78 is 26.4. The van der Waals surface area contributed by atoms with E-state index >= 15 is 0 Å². The van der Waals surface area contributed by atoms with Crippen LogP contribution in [0.5, 0.6) is 0 Å². The number of fused-ring (bicyclic) bond motifs is 4. The first-order chi connectivity index (χ1) is 29.9. The molecule has 9 nitrogen and oxygen atoms in total. The highest BCUT2D eigenvalue weighted by molar-refractivity contribution is 6.31. The highest BCUT2D eigenvalue weighted by Gasteiger charge is 2.40. The minimum atomic E-state index is -0.341. The lowest BCUT2D eigenvalue weighted by atomic mass is 9.90. The molecule has 4 bridgehead atoms. The number of alkyl halides is 1. The Morgan fingerprint density at radius 3 is 1.48 bits per heavy atom. The third-order valence-corrected chi connectivity index (χ3v) is 12.7. The predicted molar refractivity (Wildman–Crippen MR) is 245 cm³/mol. The van der Waals surface area contributed by atoms with Gasteiger partial charge in [-0.1, -0.05) is 59.6 Å². The fraction of sp³-hybridized carbons (Fsp3) is 0.354. The molecular weight excluding hydrogens is 853 g/mol. The Hall–Kier alpha value is -4.78. The average Bonchev–Trinajstić information content (AvgIpc) is 3.24. The Bertz CT molecular complexity index is 2250. The molecule has 8 rings (SSSR count). The molecule has 4 aromatic rings. The molecule has 3 N–H and O–H groups in total. The van der Waals surface area contributed by atoms with Gasteiger partial charge in [0, 0.05) is 97.0 Å². The largest absolute Gasteiger partial charge is 0.398 e. The highest BCUT2D eigenvalue weighted by Crippen LogP contribution is 2.32. The molecule has 3 amide bonds. The van der Waals surface area contributed by atoms with Gasteiger partial charge >= 0.3 is 0 Å². The zero-order valence-corrected chi connectivity index (χ0v) is 36.6. The van der Waals surface area contributed by atoms with Gasteiger partial charge in [-0.2, -0.15) is 0 Å². The van der Waals surface area contributed by atoms with Crippen molar-refractivity contribution in [1.29, 1.82) is 0 Å². The first-order valence-electron chi connectivity index (χ1n) is 21.1. The lowest BCUT2D eigenvalue weighted by Gasteiger charge is -2.50. The summed E-state index contributed by atoms with van der Waals surface area (Å²) in [6.45, 7) is 4.82. The number of likely N-dealkylation sites (tertiary alicyclic amines) is 2. The van der Waals surface area contributed by atoms with Crippen molar-refractivity contribution in [2.45, 2.75) is 75.8 Å². The fourth-order valence-corrected chi connectivity index (χ4v) is 9.64. The summed E-state index contributed by atoms with van der Waals surface area (Å²) in [5.41, 5.74) is 10.7. The molecule has 0 radical (unpaired) electrons. The number of nitrogens with one attached hydrogen (secondary N) is 1. The summed E-state index contributed by atoms with van der Waals surface area (Å²) in [6, 6.07) is 24.4. The Labute approximate surface area is 377 Å². The summed E-state index contributed by atoms with van der Waals surface area (Å²) in [5, 5.41) is 3.78. The number of nitrogens with two attached hydrogens (primary N) is 1. The summed E-state index contributed by atoms with van der Waals surface area (Å²) in [5.74, 6) is -0.948. The van der Waals surface area contributed by atoms with Crippen LogP contribution in [0.4, 0.5) is 20.2 Å². The summed E-state index contributed by atoms with van der Waals surface area (Å²) >= 11 is 17.6. The molecule has 0 aliphatic carbocycles. The van der Waals surface area contributed by atoms with Gasteiger partial charge in [0.15, 0.2) is 0 Å². The van der Waals surface area contributed by atoms with Crippen LogP contribution in [0.3, 0.4) is 0 Å². The summed E-state index contributed by atoms with van der Waals surface area (Å²) in [4.78, 5) is 46.7. The van der Waals surface area contributed by atoms with Crippen molar-refractivity contribution in [3.8, 4) is 0 Å². The topological polar surface area (TPSA) is 102 Å². The van der Waals surface area contributed by atoms with Crippen LogP contribution in [-0.2, 0) is 27.5 Å². The quantitative estimate of drug-likeness (QED) is 0.0936. The molecule has 62 heavy (non-hydrogen) atoms. The summed E-state index contributed by atoms with van der Waals surface area (Å²) in [7, 11) is 0. The number of piperidine rings is 2. The normalized spacial score (nSPS) is 21.4. The van der Waals surface area contributed by atoms with E-state index in [-0.39, 0.29) is 59.4 Å². The van der Waals surface area contributed by atoms with Crippen molar-refractivity contribution in [2.75, 3.05) is 43.1 Å². The van der Waals surface area contributed by atoms with Crippen molar-refractivity contribution in [2.24, 2.45) is 0 Å². The van der Waals surface area contributed by atoms with Gasteiger partial charge in [-0.25, -0.2) is 8.78 Å². The van der Waals surface area contributed by atoms with Crippen LogP contribution in [0.15, 0.2) is 97.1 Å². The molecule has 4 aromatic carbocycles. The number of piperazine rings is 2. The monoisotopic (exact) mass is 902 g/mol. The number of nitrogens with zero attached hydrogens (tertiary/aromatic N) is 4. The lowest BCUT2D eigenvalue weighted by molar-refractivity contribution is -0.138. The number of carbonyl (C=O) groups is 3. The number of halogens is 5. The fourth-order valence-electron chi connectivity index (χ4n) is 9.22. The second-order valence-corrected chi connectivity index (χ2v) is 17.6. The Balaban J connectivity index is 0.000000188. The van der Waals surface area contributed by atoms with E-state index in [4.69, 9.17) is 40.5 Å². The number of rotatable bonds is 10. The molecule has 4 aliphatic heterocycles. The van der Waals surface area contributed by atoms with Crippen LogP contribution in [-0.4, -0.2) is 93.5 Å². The number of hydrogen-bond acceptors (Lipinski definition) is 6.